The van der Waals surface area contributed by atoms with Crippen molar-refractivity contribution in [2.45, 2.75) is 88.7 Å². The van der Waals surface area contributed by atoms with Crippen LogP contribution in [0.2, 0.25) is 5.02 Å². The van der Waals surface area contributed by atoms with E-state index in [1.165, 1.54) is 11.1 Å². The number of anilines is 1. The molecule has 2 saturated carbocycles. The normalized spacial score (nSPS) is 32.5. The molecule has 7 rings (SSSR count). The molecule has 2 fully saturated rings. The fourth-order valence-electron chi connectivity index (χ4n) is 8.36. The lowest BCUT2D eigenvalue weighted by molar-refractivity contribution is -0.0223. The summed E-state index contributed by atoms with van der Waals surface area (Å²) in [6.07, 6.45) is 9.88. The molecule has 2 N–H and O–H groups in total. The number of hydrogen-bond acceptors (Lipinski definition) is 6. The molecule has 0 saturated heterocycles. The number of carbonyl (C=O) groups excluding carboxylic acids is 2. The van der Waals surface area contributed by atoms with Crippen LogP contribution in [0.1, 0.15) is 86.2 Å². The van der Waals surface area contributed by atoms with E-state index >= 15 is 0 Å². The van der Waals surface area contributed by atoms with Crippen molar-refractivity contribution in [2.75, 3.05) is 37.5 Å². The molecule has 3 amide bonds. The van der Waals surface area contributed by atoms with Gasteiger partial charge in [-0.2, -0.15) is 0 Å². The highest BCUT2D eigenvalue weighted by molar-refractivity contribution is 7.92. The van der Waals surface area contributed by atoms with E-state index in [-0.39, 0.29) is 29.2 Å². The Morgan fingerprint density at radius 2 is 1.96 bits per heavy atom. The first-order valence-corrected chi connectivity index (χ1v) is 19.4. The second kappa shape index (κ2) is 13.2. The van der Waals surface area contributed by atoms with Gasteiger partial charge in [-0.15, -0.1) is 4.36 Å². The molecular formula is C36H47ClN4O5S. The minimum absolute atomic E-state index is 0.0109. The van der Waals surface area contributed by atoms with E-state index in [9.17, 15) is 13.8 Å². The number of rotatable bonds is 3. The Labute approximate surface area is 283 Å². The van der Waals surface area contributed by atoms with Crippen LogP contribution >= 0.6 is 11.6 Å². The van der Waals surface area contributed by atoms with E-state index in [2.05, 4.69) is 31.4 Å². The molecule has 11 heteroatoms. The molecule has 1 unspecified atom stereocenters. The summed E-state index contributed by atoms with van der Waals surface area (Å²) in [7, 11) is -1.56. The van der Waals surface area contributed by atoms with Crippen LogP contribution in [-0.4, -0.2) is 60.9 Å². The topological polar surface area (TPSA) is 109 Å². The lowest BCUT2D eigenvalue weighted by atomic mass is 9.68. The van der Waals surface area contributed by atoms with Gasteiger partial charge >= 0.3 is 6.03 Å². The highest BCUT2D eigenvalue weighted by atomic mass is 35.5. The van der Waals surface area contributed by atoms with E-state index in [0.29, 0.717) is 24.0 Å². The van der Waals surface area contributed by atoms with E-state index < -0.39 is 21.9 Å². The van der Waals surface area contributed by atoms with Gasteiger partial charge in [0.25, 0.3) is 5.91 Å². The van der Waals surface area contributed by atoms with Crippen LogP contribution < -0.4 is 19.7 Å². The third-order valence-corrected chi connectivity index (χ3v) is 13.3. The van der Waals surface area contributed by atoms with Crippen molar-refractivity contribution >= 4 is 39.1 Å². The number of aryl methyl sites for hydroxylation is 1. The number of nitrogens with zero attached hydrogens (tertiary/aromatic N) is 2. The number of nitrogens with one attached hydrogen (secondary N) is 2. The number of hydrogen-bond donors (Lipinski definition) is 2. The van der Waals surface area contributed by atoms with Gasteiger partial charge in [-0.25, -0.2) is 9.00 Å². The maximum atomic E-state index is 14.2. The number of carbonyl (C=O) groups is 2. The molecule has 2 aliphatic heterocycles. The zero-order chi connectivity index (χ0) is 32.8. The Morgan fingerprint density at radius 1 is 1.11 bits per heavy atom. The van der Waals surface area contributed by atoms with Gasteiger partial charge in [0.2, 0.25) is 0 Å². The number of halogens is 1. The third kappa shape index (κ3) is 7.01. The first-order chi connectivity index (χ1) is 22.6. The van der Waals surface area contributed by atoms with Crippen molar-refractivity contribution < 1.29 is 23.3 Å². The zero-order valence-electron chi connectivity index (χ0n) is 27.5. The molecule has 1 spiro atoms. The van der Waals surface area contributed by atoms with E-state index in [1.807, 2.05) is 32.2 Å². The van der Waals surface area contributed by atoms with Crippen molar-refractivity contribution in [1.29, 1.82) is 0 Å². The van der Waals surface area contributed by atoms with Gasteiger partial charge in [0.15, 0.2) is 0 Å². The van der Waals surface area contributed by atoms with Gasteiger partial charge in [-0.3, -0.25) is 9.52 Å². The summed E-state index contributed by atoms with van der Waals surface area (Å²) < 4.78 is 33.9. The van der Waals surface area contributed by atoms with Crippen molar-refractivity contribution in [3.05, 3.63) is 58.1 Å². The summed E-state index contributed by atoms with van der Waals surface area (Å²) in [5.41, 5.74) is 3.54. The largest absolute Gasteiger partial charge is 0.490 e. The van der Waals surface area contributed by atoms with E-state index in [0.717, 1.165) is 93.8 Å². The number of benzene rings is 2. The first kappa shape index (κ1) is 32.7. The SMILES string of the molecule is CO[C@H]1CCC[C@H](C)CS(=O)(NC(=O)NC2CC2)=NC(=O)c2ccc3c(c2)N(C[C@@H]2CC[C@H]21)C[C@@]1(CCCc2cc(Cl)ccc21)CO3. The Kier molecular flexibility index (Phi) is 9.21. The van der Waals surface area contributed by atoms with Gasteiger partial charge < -0.3 is 19.7 Å². The summed E-state index contributed by atoms with van der Waals surface area (Å²) in [5, 5.41) is 3.59. The van der Waals surface area contributed by atoms with Crippen LogP contribution in [0.5, 0.6) is 5.75 Å². The average molecular weight is 683 g/mol. The number of amides is 3. The monoisotopic (exact) mass is 682 g/mol. The molecule has 2 bridgehead atoms. The summed E-state index contributed by atoms with van der Waals surface area (Å²) in [5.74, 6) is 1.13. The predicted molar refractivity (Wildman–Crippen MR) is 185 cm³/mol. The lowest BCUT2D eigenvalue weighted by Crippen LogP contribution is -2.49. The molecule has 5 aliphatic rings. The van der Waals surface area contributed by atoms with E-state index in [4.69, 9.17) is 21.1 Å². The number of fused-ring (bicyclic) bond motifs is 4. The maximum Gasteiger partial charge on any atom is 0.327 e. The van der Waals surface area contributed by atoms with Gasteiger partial charge in [0.1, 0.15) is 15.7 Å². The van der Waals surface area contributed by atoms with Crippen LogP contribution in [-0.2, 0) is 26.5 Å². The number of ether oxygens (including phenoxy) is 2. The van der Waals surface area contributed by atoms with Crippen molar-refractivity contribution in [3.63, 3.8) is 0 Å². The summed E-state index contributed by atoms with van der Waals surface area (Å²) in [6, 6.07) is 11.2. The molecule has 254 valence electrons. The summed E-state index contributed by atoms with van der Waals surface area (Å²) in [6.45, 7) is 4.13. The Balaban J connectivity index is 1.28. The Bertz CT molecular complexity index is 1660. The van der Waals surface area contributed by atoms with Crippen LogP contribution in [0.15, 0.2) is 40.8 Å². The van der Waals surface area contributed by atoms with Crippen LogP contribution in [0.3, 0.4) is 0 Å². The number of methoxy groups -OCH3 is 1. The van der Waals surface area contributed by atoms with Gasteiger partial charge in [-0.05, 0) is 117 Å². The quantitative estimate of drug-likeness (QED) is 0.375. The maximum absolute atomic E-state index is 14.2. The molecule has 6 atom stereocenters. The molecule has 0 aromatic heterocycles. The third-order valence-electron chi connectivity index (χ3n) is 11.1. The van der Waals surface area contributed by atoms with Gasteiger partial charge in [-0.1, -0.05) is 31.0 Å². The molecule has 47 heavy (non-hydrogen) atoms. The Hall–Kier alpha value is -2.82. The second-order valence-electron chi connectivity index (χ2n) is 14.7. The first-order valence-electron chi connectivity index (χ1n) is 17.3. The van der Waals surface area contributed by atoms with E-state index in [1.54, 1.807) is 6.07 Å². The standard InChI is InChI=1S/C36H47ClN4O5S/c1-23-5-3-7-32(45-2)29-13-8-26(29)19-41-21-36(16-4-6-24-17-27(37)10-14-30(24)36)22-46-33-15-9-25(18-31(33)41)34(42)39-47(44,20-23)40-35(43)38-28-11-12-28/h9-10,14-15,17-18,23,26,28-29,32H,3-8,11-13,16,19-22H2,1-2H3,(H2,38,39,40,42,43,44)/t23-,26-,29+,32-,36-,47?/m0/s1. The Morgan fingerprint density at radius 3 is 2.72 bits per heavy atom. The second-order valence-corrected chi connectivity index (χ2v) is 17.1. The molecule has 2 aromatic rings. The van der Waals surface area contributed by atoms with Crippen molar-refractivity contribution in [1.82, 2.24) is 10.0 Å². The summed E-state index contributed by atoms with van der Waals surface area (Å²) in [4.78, 5) is 29.0. The fraction of sp³-hybridized carbons (Fsp3) is 0.611. The molecule has 2 aromatic carbocycles. The van der Waals surface area contributed by atoms with Crippen molar-refractivity contribution in [2.24, 2.45) is 22.1 Å². The minimum atomic E-state index is -3.38. The highest BCUT2D eigenvalue weighted by Crippen LogP contribution is 2.47. The predicted octanol–water partition coefficient (Wildman–Crippen LogP) is 6.66. The number of urea groups is 1. The molecule has 9 nitrogen and oxygen atoms in total. The molecule has 0 radical (unpaired) electrons. The van der Waals surface area contributed by atoms with Crippen LogP contribution in [0.25, 0.3) is 0 Å². The lowest BCUT2D eigenvalue weighted by Gasteiger charge is -2.46. The average Bonchev–Trinajstić information content (AvgIpc) is 3.85. The van der Waals surface area contributed by atoms with Gasteiger partial charge in [0, 0.05) is 42.2 Å². The fourth-order valence-corrected chi connectivity index (χ4v) is 10.4. The molecule has 3 aliphatic carbocycles. The molecule has 2 heterocycles. The zero-order valence-corrected chi connectivity index (χ0v) is 29.0. The van der Waals surface area contributed by atoms with Crippen LogP contribution in [0.4, 0.5) is 10.5 Å². The minimum Gasteiger partial charge on any atom is -0.490 e. The van der Waals surface area contributed by atoms with Crippen molar-refractivity contribution in [3.8, 4) is 5.75 Å². The van der Waals surface area contributed by atoms with Crippen LogP contribution in [0, 0.1) is 17.8 Å². The van der Waals surface area contributed by atoms with Gasteiger partial charge in [0.05, 0.1) is 24.2 Å². The smallest absolute Gasteiger partial charge is 0.327 e. The molecular weight excluding hydrogens is 636 g/mol. The highest BCUT2D eigenvalue weighted by Gasteiger charge is 2.44. The summed E-state index contributed by atoms with van der Waals surface area (Å²) >= 11 is 6.44.